The molecular formula is C49H64N10O7S. The van der Waals surface area contributed by atoms with E-state index in [0.29, 0.717) is 54.3 Å². The van der Waals surface area contributed by atoms with Gasteiger partial charge in [0.1, 0.15) is 30.0 Å². The molecule has 2 aromatic heterocycles. The van der Waals surface area contributed by atoms with Crippen molar-refractivity contribution in [2.75, 3.05) is 64.3 Å². The van der Waals surface area contributed by atoms with E-state index < -0.39 is 24.1 Å². The molecule has 2 aromatic carbocycles. The molecule has 6 heterocycles. The fourth-order valence-electron chi connectivity index (χ4n) is 9.60. The lowest BCUT2D eigenvalue weighted by atomic mass is 9.95. The van der Waals surface area contributed by atoms with Crippen LogP contribution in [-0.2, 0) is 39.4 Å². The molecule has 3 fully saturated rings. The number of carbonyl (C=O) groups excluding carboxylic acids is 4. The van der Waals surface area contributed by atoms with Gasteiger partial charge in [0.2, 0.25) is 11.8 Å². The molecule has 4 aliphatic heterocycles. The highest BCUT2D eigenvalue weighted by Crippen LogP contribution is 2.36. The molecule has 0 spiro atoms. The first-order valence-electron chi connectivity index (χ1n) is 23.4. The number of nitrogens with one attached hydrogen (secondary N) is 1. The minimum absolute atomic E-state index is 0.00650. The lowest BCUT2D eigenvalue weighted by Crippen LogP contribution is -2.49. The number of carbonyl (C=O) groups is 4. The monoisotopic (exact) mass is 936 g/mol. The van der Waals surface area contributed by atoms with Gasteiger partial charge >= 0.3 is 6.03 Å². The summed E-state index contributed by atoms with van der Waals surface area (Å²) in [6.07, 6.45) is 3.23. The number of fused-ring (bicyclic) bond motifs is 1. The van der Waals surface area contributed by atoms with E-state index in [1.165, 1.54) is 27.9 Å². The Balaban J connectivity index is 0.745. The van der Waals surface area contributed by atoms with Gasteiger partial charge in [-0.05, 0) is 66.0 Å². The van der Waals surface area contributed by atoms with Crippen LogP contribution in [0.25, 0.3) is 10.6 Å². The normalized spacial score (nSPS) is 19.6. The Kier molecular flexibility index (Phi) is 14.2. The summed E-state index contributed by atoms with van der Waals surface area (Å²) in [5.74, 6) is 0.0122. The molecule has 4 aromatic rings. The number of likely N-dealkylation sites (tertiary alicyclic amines) is 2. The number of aryl methyl sites for hydroxylation is 1. The molecule has 0 unspecified atom stereocenters. The molecule has 8 rings (SSSR count). The number of nitrogens with two attached hydrogens (primary N) is 1. The van der Waals surface area contributed by atoms with Crippen LogP contribution < -0.4 is 11.1 Å². The summed E-state index contributed by atoms with van der Waals surface area (Å²) in [5, 5.41) is 24.0. The molecule has 5 amide bonds. The van der Waals surface area contributed by atoms with Crippen LogP contribution in [0.2, 0.25) is 0 Å². The second kappa shape index (κ2) is 19.9. The molecule has 0 bridgehead atoms. The molecule has 2 atom stereocenters. The van der Waals surface area contributed by atoms with Crippen LogP contribution in [-0.4, -0.2) is 145 Å². The lowest BCUT2D eigenvalue weighted by molar-refractivity contribution is -0.139. The fraction of sp³-hybridized carbons (Fsp3) is 0.531. The van der Waals surface area contributed by atoms with E-state index in [1.807, 2.05) is 52.5 Å². The standard InChI is InChI=1S/C49H64N10O7S/c1-29(2)36-21-37(41(61)22-40(36)60)45(64)58-25-33-8-7-32(19-34(33)26-58)24-56-17-15-55(16-18-56)23-31-10-13-57(14-11-31)42(62)28-66-35-20-39(44(50)63)59(27-35)48(65)54-47-52-30(3)43(67-47)38-9-12-51-46(53-38)49(4,5)6/h7-9,12,19,21-22,29,31,35,39,60-61H,10-11,13-18,20,23-28H2,1-6H3,(H2,50,63)(H,52,54,65)/t35-,39+/m0/s1. The van der Waals surface area contributed by atoms with E-state index in [-0.39, 0.29) is 59.8 Å². The largest absolute Gasteiger partial charge is 0.508 e. The van der Waals surface area contributed by atoms with Crippen LogP contribution in [0.3, 0.4) is 0 Å². The van der Waals surface area contributed by atoms with Crippen molar-refractivity contribution in [1.29, 1.82) is 0 Å². The highest BCUT2D eigenvalue weighted by Gasteiger charge is 2.40. The first-order chi connectivity index (χ1) is 31.9. The Morgan fingerprint density at radius 2 is 1.63 bits per heavy atom. The maximum atomic E-state index is 13.5. The maximum absolute atomic E-state index is 13.5. The molecule has 358 valence electrons. The highest BCUT2D eigenvalue weighted by molar-refractivity contribution is 7.19. The number of nitrogens with zero attached hydrogens (tertiary/aromatic N) is 8. The Bertz CT molecular complexity index is 2490. The van der Waals surface area contributed by atoms with Gasteiger partial charge in [-0.25, -0.2) is 19.7 Å². The first-order valence-corrected chi connectivity index (χ1v) is 24.2. The van der Waals surface area contributed by atoms with E-state index in [2.05, 4.69) is 43.3 Å². The number of hydrogen-bond donors (Lipinski definition) is 4. The molecule has 18 heteroatoms. The Morgan fingerprint density at radius 3 is 2.33 bits per heavy atom. The quantitative estimate of drug-likeness (QED) is 0.140. The number of rotatable bonds is 12. The second-order valence-electron chi connectivity index (χ2n) is 19.9. The smallest absolute Gasteiger partial charge is 0.324 e. The molecule has 5 N–H and O–H groups in total. The number of thiazole rings is 1. The van der Waals surface area contributed by atoms with Gasteiger partial charge in [-0.3, -0.25) is 24.6 Å². The van der Waals surface area contributed by atoms with Crippen LogP contribution in [0.4, 0.5) is 9.93 Å². The number of phenols is 2. The van der Waals surface area contributed by atoms with Crippen molar-refractivity contribution in [3.63, 3.8) is 0 Å². The van der Waals surface area contributed by atoms with E-state index in [1.54, 1.807) is 17.2 Å². The van der Waals surface area contributed by atoms with Gasteiger partial charge in [0.15, 0.2) is 5.13 Å². The van der Waals surface area contributed by atoms with E-state index in [4.69, 9.17) is 15.5 Å². The molecule has 3 saturated heterocycles. The first kappa shape index (κ1) is 47.8. The van der Waals surface area contributed by atoms with Crippen LogP contribution >= 0.6 is 11.3 Å². The van der Waals surface area contributed by atoms with E-state index in [0.717, 1.165) is 73.8 Å². The summed E-state index contributed by atoms with van der Waals surface area (Å²) < 4.78 is 6.03. The third-order valence-corrected chi connectivity index (χ3v) is 14.6. The number of aromatic nitrogens is 3. The van der Waals surface area contributed by atoms with E-state index >= 15 is 0 Å². The second-order valence-corrected chi connectivity index (χ2v) is 20.9. The summed E-state index contributed by atoms with van der Waals surface area (Å²) in [6, 6.07) is 9.77. The number of ether oxygens (including phenoxy) is 1. The number of piperazine rings is 1. The summed E-state index contributed by atoms with van der Waals surface area (Å²) in [7, 11) is 0. The average Bonchev–Trinajstić information content (AvgIpc) is 4.02. The van der Waals surface area contributed by atoms with Crippen LogP contribution in [0, 0.1) is 12.8 Å². The Labute approximate surface area is 396 Å². The van der Waals surface area contributed by atoms with Crippen LogP contribution in [0.1, 0.15) is 104 Å². The molecule has 0 radical (unpaired) electrons. The molecule has 0 saturated carbocycles. The number of anilines is 1. The topological polar surface area (TPSA) is 211 Å². The molecule has 4 aliphatic rings. The predicted molar refractivity (Wildman–Crippen MR) is 255 cm³/mol. The van der Waals surface area contributed by atoms with Crippen LogP contribution in [0.15, 0.2) is 42.6 Å². The zero-order valence-electron chi connectivity index (χ0n) is 39.5. The minimum Gasteiger partial charge on any atom is -0.508 e. The van der Waals surface area contributed by atoms with Gasteiger partial charge in [-0.2, -0.15) is 0 Å². The lowest BCUT2D eigenvalue weighted by Gasteiger charge is -2.39. The SMILES string of the molecule is Cc1nc(NC(=O)N2C[C@@H](OCC(=O)N3CCC(CN4CCN(Cc5ccc6c(c5)CN(C(=O)c5cc(C(C)C)c(O)cc5O)C6)CC4)CC3)C[C@@H]2C(N)=O)sc1-c1ccnc(C(C)(C)C)n1. The van der Waals surface area contributed by atoms with Gasteiger partial charge in [0.05, 0.1) is 27.9 Å². The minimum atomic E-state index is -0.881. The molecular weight excluding hydrogens is 873 g/mol. The number of phenolic OH excluding ortho intramolecular Hbond substituents is 2. The number of urea groups is 1. The predicted octanol–water partition coefficient (Wildman–Crippen LogP) is 5.43. The van der Waals surface area contributed by atoms with Crippen LogP contribution in [0.5, 0.6) is 11.5 Å². The summed E-state index contributed by atoms with van der Waals surface area (Å²) in [4.78, 5) is 77.2. The van der Waals surface area contributed by atoms with Gasteiger partial charge < -0.3 is 40.3 Å². The van der Waals surface area contributed by atoms with E-state index in [9.17, 15) is 29.4 Å². The van der Waals surface area contributed by atoms with Gasteiger partial charge in [0, 0.05) is 96.1 Å². The third kappa shape index (κ3) is 11.0. The van der Waals surface area contributed by atoms with Crippen molar-refractivity contribution in [3.8, 4) is 22.1 Å². The zero-order chi connectivity index (χ0) is 47.7. The van der Waals surface area contributed by atoms with Crippen molar-refractivity contribution in [1.82, 2.24) is 39.5 Å². The Hall–Kier alpha value is -5.69. The average molecular weight is 937 g/mol. The van der Waals surface area contributed by atoms with Crippen molar-refractivity contribution in [2.24, 2.45) is 11.7 Å². The van der Waals surface area contributed by atoms with Gasteiger partial charge in [-0.15, -0.1) is 0 Å². The summed E-state index contributed by atoms with van der Waals surface area (Å²) in [5.41, 5.74) is 11.2. The fourth-order valence-corrected chi connectivity index (χ4v) is 10.5. The highest BCUT2D eigenvalue weighted by atomic mass is 32.1. The Morgan fingerprint density at radius 1 is 0.910 bits per heavy atom. The molecule has 17 nitrogen and oxygen atoms in total. The number of aromatic hydroxyl groups is 2. The maximum Gasteiger partial charge on any atom is 0.324 e. The molecule has 67 heavy (non-hydrogen) atoms. The third-order valence-electron chi connectivity index (χ3n) is 13.5. The van der Waals surface area contributed by atoms with Gasteiger partial charge in [-0.1, -0.05) is 64.2 Å². The molecule has 0 aliphatic carbocycles. The summed E-state index contributed by atoms with van der Waals surface area (Å²) in [6.45, 7) is 19.8. The number of piperidine rings is 1. The number of benzene rings is 2. The van der Waals surface area contributed by atoms with Crippen molar-refractivity contribution < 1.29 is 34.1 Å². The zero-order valence-corrected chi connectivity index (χ0v) is 40.3. The van der Waals surface area contributed by atoms with Gasteiger partial charge in [0.25, 0.3) is 5.91 Å². The van der Waals surface area contributed by atoms with Crippen molar-refractivity contribution in [2.45, 2.75) is 104 Å². The van der Waals surface area contributed by atoms with Crippen molar-refractivity contribution in [3.05, 3.63) is 81.9 Å². The number of amides is 5. The van der Waals surface area contributed by atoms with Crippen molar-refractivity contribution >= 4 is 40.2 Å². The number of hydrogen-bond acceptors (Lipinski definition) is 13. The summed E-state index contributed by atoms with van der Waals surface area (Å²) >= 11 is 1.29. The number of primary amides is 1.